The van der Waals surface area contributed by atoms with Crippen molar-refractivity contribution in [3.8, 4) is 17.2 Å². The highest BCUT2D eigenvalue weighted by molar-refractivity contribution is 6.24. The summed E-state index contributed by atoms with van der Waals surface area (Å²) in [6.45, 7) is 14.5. The molecule has 6 rings (SSSR count). The lowest BCUT2D eigenvalue weighted by Gasteiger charge is -2.32. The minimum atomic E-state index is -1.25. The molecule has 3 aromatic carbocycles. The fraction of sp³-hybridized carbons (Fsp3) is 0.400. The Morgan fingerprint density at radius 1 is 0.825 bits per heavy atom. The van der Waals surface area contributed by atoms with E-state index in [-0.39, 0.29) is 33.7 Å². The summed E-state index contributed by atoms with van der Waals surface area (Å²) >= 11 is 0. The van der Waals surface area contributed by atoms with Gasteiger partial charge in [-0.1, -0.05) is 120 Å². The van der Waals surface area contributed by atoms with Crippen LogP contribution in [-0.2, 0) is 20.4 Å². The maximum atomic E-state index is 14.0. The highest BCUT2D eigenvalue weighted by Crippen LogP contribution is 2.49. The molecule has 57 heavy (non-hydrogen) atoms. The largest absolute Gasteiger partial charge is 0.871 e. The van der Waals surface area contributed by atoms with Gasteiger partial charge in [0.15, 0.2) is 11.5 Å². The molecule has 3 aromatic rings. The first-order valence-corrected chi connectivity index (χ1v) is 20.9. The number of carbonyl (C=O) groups excluding carboxylic acids is 1. The van der Waals surface area contributed by atoms with E-state index >= 15 is 0 Å². The molecule has 296 valence electrons. The average Bonchev–Trinajstić information content (AvgIpc) is 3.55. The minimum absolute atomic E-state index is 0.203. The van der Waals surface area contributed by atoms with Crippen LogP contribution in [0.15, 0.2) is 107 Å². The molecule has 0 saturated heterocycles. The number of rotatable bonds is 17. The fourth-order valence-corrected chi connectivity index (χ4v) is 8.80. The van der Waals surface area contributed by atoms with Crippen LogP contribution >= 0.6 is 0 Å². The van der Waals surface area contributed by atoms with Crippen LogP contribution < -0.4 is 10.0 Å². The van der Waals surface area contributed by atoms with E-state index in [2.05, 4.69) is 81.3 Å². The lowest BCUT2D eigenvalue weighted by Crippen LogP contribution is -2.35. The smallest absolute Gasteiger partial charge is 0.346 e. The zero-order valence-corrected chi connectivity index (χ0v) is 34.6. The van der Waals surface area contributed by atoms with E-state index in [1.54, 1.807) is 6.07 Å². The first-order valence-electron chi connectivity index (χ1n) is 20.9. The summed E-state index contributed by atoms with van der Waals surface area (Å²) in [5, 5.41) is 32.5. The number of likely N-dealkylation sites (N-methyl/N-ethyl adjacent to an activating group) is 1. The number of benzene rings is 3. The Hall–Kier alpha value is -5.48. The molecule has 2 heterocycles. The average molecular weight is 764 g/mol. The number of hydrogen-bond donors (Lipinski definition) is 1. The number of ketones is 1. The third kappa shape index (κ3) is 8.19. The number of nitrogens with zero attached hydrogens (tertiary/aromatic N) is 3. The molecule has 7 nitrogen and oxygen atoms in total. The molecule has 0 unspecified atom stereocenters. The number of para-hydroxylation sites is 1. The lowest BCUT2D eigenvalue weighted by atomic mass is 9.77. The highest BCUT2D eigenvalue weighted by Gasteiger charge is 2.46. The van der Waals surface area contributed by atoms with Crippen molar-refractivity contribution in [1.82, 2.24) is 0 Å². The van der Waals surface area contributed by atoms with Gasteiger partial charge in [-0.2, -0.15) is 9.84 Å². The molecule has 1 aliphatic carbocycles. The molecule has 0 saturated carbocycles. The van der Waals surface area contributed by atoms with Crippen molar-refractivity contribution in [2.75, 3.05) is 18.0 Å². The molecule has 0 amide bonds. The molecular weight excluding hydrogens is 707 g/mol. The first kappa shape index (κ1) is 41.2. The predicted molar refractivity (Wildman–Crippen MR) is 228 cm³/mol. The number of carbonyl (C=O) groups is 2. The van der Waals surface area contributed by atoms with Crippen molar-refractivity contribution in [2.45, 2.75) is 117 Å². The minimum Gasteiger partial charge on any atom is -0.871 e. The molecule has 0 atom stereocenters. The van der Waals surface area contributed by atoms with Gasteiger partial charge in [0, 0.05) is 58.6 Å². The van der Waals surface area contributed by atoms with Gasteiger partial charge in [-0.15, -0.1) is 0 Å². The van der Waals surface area contributed by atoms with Crippen LogP contribution in [0.4, 0.5) is 11.4 Å². The molecule has 0 aromatic heterocycles. The second kappa shape index (κ2) is 17.3. The maximum Gasteiger partial charge on any atom is 0.346 e. The molecule has 1 N–H and O–H groups in total. The van der Waals surface area contributed by atoms with Gasteiger partial charge in [-0.05, 0) is 79.8 Å². The Morgan fingerprint density at radius 3 is 2.07 bits per heavy atom. The van der Waals surface area contributed by atoms with Gasteiger partial charge in [0.25, 0.3) is 0 Å². The zero-order chi connectivity index (χ0) is 40.9. The summed E-state index contributed by atoms with van der Waals surface area (Å²) in [5.74, 6) is -1.66. The molecule has 0 radical (unpaired) electrons. The summed E-state index contributed by atoms with van der Waals surface area (Å²) < 4.78 is 2.33. The normalized spacial score (nSPS) is 18.3. The van der Waals surface area contributed by atoms with Gasteiger partial charge in [0.2, 0.25) is 5.69 Å². The summed E-state index contributed by atoms with van der Waals surface area (Å²) in [6, 6.07) is 24.0. The molecule has 3 aliphatic rings. The summed E-state index contributed by atoms with van der Waals surface area (Å²) in [7, 11) is 0. The monoisotopic (exact) mass is 763 g/mol. The number of Topliss-reactive ketones (excluding diaryl/α,β-unsaturated/α-hetero) is 1. The van der Waals surface area contributed by atoms with E-state index in [0.717, 1.165) is 65.4 Å². The van der Waals surface area contributed by atoms with E-state index < -0.39 is 11.4 Å². The predicted octanol–water partition coefficient (Wildman–Crippen LogP) is 10.5. The van der Waals surface area contributed by atoms with Crippen molar-refractivity contribution >= 4 is 34.9 Å². The van der Waals surface area contributed by atoms with Crippen LogP contribution in [-0.4, -0.2) is 40.2 Å². The van der Waals surface area contributed by atoms with Crippen LogP contribution in [0.25, 0.3) is 17.2 Å². The van der Waals surface area contributed by atoms with E-state index in [9.17, 15) is 25.1 Å². The second-order valence-corrected chi connectivity index (χ2v) is 16.7. The van der Waals surface area contributed by atoms with E-state index in [1.807, 2.05) is 48.6 Å². The summed E-state index contributed by atoms with van der Waals surface area (Å²) in [6.07, 6.45) is 17.5. The molecule has 0 fully saturated rings. The molecule has 7 heteroatoms. The number of carboxylic acids is 1. The van der Waals surface area contributed by atoms with E-state index in [1.165, 1.54) is 63.0 Å². The van der Waals surface area contributed by atoms with Crippen molar-refractivity contribution in [3.63, 3.8) is 0 Å². The third-order valence-corrected chi connectivity index (χ3v) is 12.2. The van der Waals surface area contributed by atoms with Gasteiger partial charge in [0.1, 0.15) is 18.2 Å². The number of aliphatic carboxylic acids is 1. The topological polar surface area (TPSA) is 107 Å². The Balaban J connectivity index is 1.30. The number of fused-ring (bicyclic) bond motifs is 2. The number of allylic oxidation sites excluding steroid dienone is 5. The second-order valence-electron chi connectivity index (χ2n) is 16.7. The Labute approximate surface area is 339 Å². The van der Waals surface area contributed by atoms with Gasteiger partial charge in [-0.3, -0.25) is 4.79 Å². The fourth-order valence-electron chi connectivity index (χ4n) is 8.80. The van der Waals surface area contributed by atoms with Gasteiger partial charge >= 0.3 is 5.97 Å². The SMILES string of the molecule is CCCCCCCCCCCC[N+]1=C(/C=C2/C(=O)C(/C=C3\N(CC)c4ccccc4C3(C)C)=C2[O-])C(C)(C)c2cc(-c3ccc(/C=C(/C#N)C(=O)O)cc3)ccc21. The molecule has 0 bridgehead atoms. The number of anilines is 1. The van der Waals surface area contributed by atoms with Crippen molar-refractivity contribution < 1.29 is 24.4 Å². The molecule has 2 aliphatic heterocycles. The van der Waals surface area contributed by atoms with Gasteiger partial charge in [-0.25, -0.2) is 4.79 Å². The summed E-state index contributed by atoms with van der Waals surface area (Å²) in [4.78, 5) is 27.6. The van der Waals surface area contributed by atoms with Crippen LogP contribution in [0.3, 0.4) is 0 Å². The third-order valence-electron chi connectivity index (χ3n) is 12.2. The number of nitriles is 1. The quantitative estimate of drug-likeness (QED) is 0.0635. The van der Waals surface area contributed by atoms with Crippen LogP contribution in [0.2, 0.25) is 0 Å². The van der Waals surface area contributed by atoms with Crippen LogP contribution in [0, 0.1) is 11.3 Å². The lowest BCUT2D eigenvalue weighted by molar-refractivity contribution is -0.438. The Kier molecular flexibility index (Phi) is 12.5. The standard InChI is InChI=1S/C50H57N3O4/c1-7-9-10-11-12-13-14-15-16-19-28-53-43-27-26-36(35-24-22-34(23-25-35)29-37(33-51)48(56)57)30-41(43)50(5,6)45(53)32-39-46(54)38(47(39)55)31-44-49(3,4)40-20-17-18-21-42(40)52(44)8-2/h17-18,20-27,29-32H,7-16,19,28H2,1-6H3,(H-,54,55,56,57)/b37-29-. The maximum absolute atomic E-state index is 14.0. The zero-order valence-electron chi connectivity index (χ0n) is 34.6. The van der Waals surface area contributed by atoms with Gasteiger partial charge in [0.05, 0.1) is 5.41 Å². The van der Waals surface area contributed by atoms with Crippen LogP contribution in [0.5, 0.6) is 0 Å². The number of carboxylic acid groups (broad SMARTS) is 1. The first-order chi connectivity index (χ1) is 27.3. The van der Waals surface area contributed by atoms with Crippen molar-refractivity contribution in [1.29, 1.82) is 5.26 Å². The summed E-state index contributed by atoms with van der Waals surface area (Å²) in [5.41, 5.74) is 8.36. The number of hydrogen-bond acceptors (Lipinski definition) is 5. The number of unbranched alkanes of at least 4 members (excludes halogenated alkanes) is 9. The van der Waals surface area contributed by atoms with E-state index in [4.69, 9.17) is 0 Å². The van der Waals surface area contributed by atoms with Crippen LogP contribution in [0.1, 0.15) is 122 Å². The molecule has 0 spiro atoms. The highest BCUT2D eigenvalue weighted by atomic mass is 16.4. The molecular formula is C50H57N3O4. The van der Waals surface area contributed by atoms with Crippen molar-refractivity contribution in [2.24, 2.45) is 0 Å². The Bertz CT molecular complexity index is 2240. The Morgan fingerprint density at radius 2 is 1.46 bits per heavy atom. The van der Waals surface area contributed by atoms with Gasteiger partial charge < -0.3 is 15.1 Å². The van der Waals surface area contributed by atoms with E-state index in [0.29, 0.717) is 5.56 Å². The van der Waals surface area contributed by atoms with Crippen molar-refractivity contribution in [3.05, 3.63) is 124 Å².